The Kier molecular flexibility index (Phi) is 6.55. The van der Waals surface area contributed by atoms with E-state index in [4.69, 9.17) is 9.47 Å². The van der Waals surface area contributed by atoms with Crippen molar-refractivity contribution in [2.45, 2.75) is 38.9 Å². The summed E-state index contributed by atoms with van der Waals surface area (Å²) in [7, 11) is 0. The third-order valence-corrected chi connectivity index (χ3v) is 3.51. The number of ether oxygens (including phenoxy) is 2. The molecule has 3 heteroatoms. The third kappa shape index (κ3) is 4.52. The number of halogens is 1. The normalized spacial score (nSPS) is 12.6. The molecule has 18 heavy (non-hydrogen) atoms. The lowest BCUT2D eigenvalue weighted by Gasteiger charge is -2.16. The van der Waals surface area contributed by atoms with Crippen molar-refractivity contribution in [3.8, 4) is 11.5 Å². The monoisotopic (exact) mass is 314 g/mol. The van der Waals surface area contributed by atoms with Crippen molar-refractivity contribution in [2.24, 2.45) is 5.92 Å². The van der Waals surface area contributed by atoms with Crippen LogP contribution in [0.4, 0.5) is 0 Å². The Morgan fingerprint density at radius 1 is 1.06 bits per heavy atom. The Morgan fingerprint density at radius 3 is 2.22 bits per heavy atom. The Morgan fingerprint density at radius 2 is 1.67 bits per heavy atom. The summed E-state index contributed by atoms with van der Waals surface area (Å²) in [6.07, 6.45) is 1.11. The van der Waals surface area contributed by atoms with Gasteiger partial charge in [-0.3, -0.25) is 0 Å². The third-order valence-electron chi connectivity index (χ3n) is 2.61. The fourth-order valence-corrected chi connectivity index (χ4v) is 2.84. The molecule has 0 fully saturated rings. The molecule has 0 saturated carbocycles. The summed E-state index contributed by atoms with van der Waals surface area (Å²) in [6, 6.07) is 6.18. The van der Waals surface area contributed by atoms with Crippen molar-refractivity contribution in [1.82, 2.24) is 0 Å². The molecule has 1 unspecified atom stereocenters. The molecule has 0 saturated heterocycles. The van der Waals surface area contributed by atoms with E-state index in [1.807, 2.05) is 19.9 Å². The second kappa shape index (κ2) is 7.67. The smallest absolute Gasteiger partial charge is 0.161 e. The summed E-state index contributed by atoms with van der Waals surface area (Å²) < 4.78 is 11.2. The van der Waals surface area contributed by atoms with Crippen LogP contribution in [0.1, 0.15) is 44.5 Å². The molecule has 0 aliphatic heterocycles. The summed E-state index contributed by atoms with van der Waals surface area (Å²) in [5, 5.41) is 0. The Balaban J connectivity index is 2.91. The van der Waals surface area contributed by atoms with E-state index >= 15 is 0 Å². The molecule has 0 aliphatic rings. The van der Waals surface area contributed by atoms with Crippen LogP contribution in [0.3, 0.4) is 0 Å². The van der Waals surface area contributed by atoms with Gasteiger partial charge in [-0.2, -0.15) is 0 Å². The van der Waals surface area contributed by atoms with Crippen LogP contribution in [0.15, 0.2) is 18.2 Å². The van der Waals surface area contributed by atoms with Crippen molar-refractivity contribution < 1.29 is 9.47 Å². The maximum atomic E-state index is 5.64. The van der Waals surface area contributed by atoms with Gasteiger partial charge in [0.2, 0.25) is 0 Å². The average molecular weight is 315 g/mol. The highest BCUT2D eigenvalue weighted by atomic mass is 79.9. The standard InChI is InChI=1S/C15H23BrO2/c1-5-17-14-8-7-12(10-15(14)18-6-2)13(16)9-11(3)4/h7-8,10-11,13H,5-6,9H2,1-4H3. The minimum atomic E-state index is 0.368. The zero-order chi connectivity index (χ0) is 13.5. The van der Waals surface area contributed by atoms with Crippen LogP contribution >= 0.6 is 15.9 Å². The summed E-state index contributed by atoms with van der Waals surface area (Å²) in [5.74, 6) is 2.33. The first-order valence-electron chi connectivity index (χ1n) is 6.62. The van der Waals surface area contributed by atoms with Gasteiger partial charge in [-0.1, -0.05) is 35.8 Å². The van der Waals surface area contributed by atoms with E-state index < -0.39 is 0 Å². The van der Waals surface area contributed by atoms with Crippen LogP contribution in [-0.2, 0) is 0 Å². The highest BCUT2D eigenvalue weighted by molar-refractivity contribution is 9.09. The molecule has 0 radical (unpaired) electrons. The van der Waals surface area contributed by atoms with Gasteiger partial charge in [-0.15, -0.1) is 0 Å². The zero-order valence-corrected chi connectivity index (χ0v) is 13.3. The van der Waals surface area contributed by atoms with Gasteiger partial charge in [0.15, 0.2) is 11.5 Å². The Labute approximate surface area is 119 Å². The summed E-state index contributed by atoms with van der Waals surface area (Å²) in [5.41, 5.74) is 1.25. The Bertz CT molecular complexity index is 364. The number of alkyl halides is 1. The highest BCUT2D eigenvalue weighted by Crippen LogP contribution is 2.36. The maximum Gasteiger partial charge on any atom is 0.161 e. The van der Waals surface area contributed by atoms with Crippen molar-refractivity contribution in [2.75, 3.05) is 13.2 Å². The van der Waals surface area contributed by atoms with Crippen LogP contribution in [0.5, 0.6) is 11.5 Å². The molecular formula is C15H23BrO2. The molecule has 0 N–H and O–H groups in total. The summed E-state index contributed by atoms with van der Waals surface area (Å²) in [4.78, 5) is 0.368. The van der Waals surface area contributed by atoms with Gasteiger partial charge >= 0.3 is 0 Å². The molecule has 102 valence electrons. The van der Waals surface area contributed by atoms with Crippen LogP contribution in [0, 0.1) is 5.92 Å². The highest BCUT2D eigenvalue weighted by Gasteiger charge is 2.13. The van der Waals surface area contributed by atoms with Crippen LogP contribution in [0.25, 0.3) is 0 Å². The quantitative estimate of drug-likeness (QED) is 0.662. The topological polar surface area (TPSA) is 18.5 Å². The van der Waals surface area contributed by atoms with Gasteiger partial charge in [0.05, 0.1) is 13.2 Å². The van der Waals surface area contributed by atoms with Crippen molar-refractivity contribution in [1.29, 1.82) is 0 Å². The number of benzene rings is 1. The molecule has 1 atom stereocenters. The van der Waals surface area contributed by atoms with Crippen molar-refractivity contribution >= 4 is 15.9 Å². The molecular weight excluding hydrogens is 292 g/mol. The maximum absolute atomic E-state index is 5.64. The fourth-order valence-electron chi connectivity index (χ4n) is 1.81. The van der Waals surface area contributed by atoms with E-state index in [0.717, 1.165) is 17.9 Å². The molecule has 0 aromatic heterocycles. The van der Waals surface area contributed by atoms with Gasteiger partial charge in [0.1, 0.15) is 0 Å². The molecule has 1 aromatic rings. The van der Waals surface area contributed by atoms with Crippen LogP contribution in [0.2, 0.25) is 0 Å². The van der Waals surface area contributed by atoms with Crippen molar-refractivity contribution in [3.05, 3.63) is 23.8 Å². The summed E-state index contributed by atoms with van der Waals surface area (Å²) in [6.45, 7) is 9.74. The molecule has 1 aromatic carbocycles. The average Bonchev–Trinajstić information content (AvgIpc) is 2.31. The first-order valence-corrected chi connectivity index (χ1v) is 7.53. The SMILES string of the molecule is CCOc1ccc(C(Br)CC(C)C)cc1OCC. The molecule has 0 bridgehead atoms. The molecule has 0 spiro atoms. The van der Waals surface area contributed by atoms with E-state index in [1.165, 1.54) is 5.56 Å². The Hall–Kier alpha value is -0.700. The van der Waals surface area contributed by atoms with E-state index in [9.17, 15) is 0 Å². The number of rotatable bonds is 7. The number of hydrogen-bond donors (Lipinski definition) is 0. The van der Waals surface area contributed by atoms with Gasteiger partial charge in [-0.05, 0) is 43.9 Å². The number of hydrogen-bond acceptors (Lipinski definition) is 2. The first kappa shape index (κ1) is 15.4. The van der Waals surface area contributed by atoms with Gasteiger partial charge in [0, 0.05) is 4.83 Å². The second-order valence-electron chi connectivity index (χ2n) is 4.67. The van der Waals surface area contributed by atoms with Gasteiger partial charge in [-0.25, -0.2) is 0 Å². The summed E-state index contributed by atoms with van der Waals surface area (Å²) >= 11 is 3.74. The van der Waals surface area contributed by atoms with Crippen LogP contribution in [-0.4, -0.2) is 13.2 Å². The van der Waals surface area contributed by atoms with Crippen molar-refractivity contribution in [3.63, 3.8) is 0 Å². The second-order valence-corrected chi connectivity index (χ2v) is 5.77. The lowest BCUT2D eigenvalue weighted by atomic mass is 10.0. The van der Waals surface area contributed by atoms with E-state index in [2.05, 4.69) is 41.9 Å². The van der Waals surface area contributed by atoms with Crippen LogP contribution < -0.4 is 9.47 Å². The molecule has 2 nitrogen and oxygen atoms in total. The zero-order valence-electron chi connectivity index (χ0n) is 11.7. The van der Waals surface area contributed by atoms with Gasteiger partial charge in [0.25, 0.3) is 0 Å². The first-order chi connectivity index (χ1) is 8.58. The minimum Gasteiger partial charge on any atom is -0.490 e. The predicted molar refractivity (Wildman–Crippen MR) is 79.9 cm³/mol. The van der Waals surface area contributed by atoms with E-state index in [0.29, 0.717) is 24.0 Å². The predicted octanol–water partition coefficient (Wildman–Crippen LogP) is 4.97. The van der Waals surface area contributed by atoms with E-state index in [1.54, 1.807) is 0 Å². The largest absolute Gasteiger partial charge is 0.490 e. The minimum absolute atomic E-state index is 0.368. The molecule has 0 aliphatic carbocycles. The lowest BCUT2D eigenvalue weighted by molar-refractivity contribution is 0.287. The molecule has 0 heterocycles. The molecule has 1 rings (SSSR count). The lowest BCUT2D eigenvalue weighted by Crippen LogP contribution is -2.01. The molecule has 0 amide bonds. The van der Waals surface area contributed by atoms with Gasteiger partial charge < -0.3 is 9.47 Å². The van der Waals surface area contributed by atoms with E-state index in [-0.39, 0.29) is 0 Å². The fraction of sp³-hybridized carbons (Fsp3) is 0.600.